The average molecular weight is 298 g/mol. The van der Waals surface area contributed by atoms with Crippen LogP contribution in [0.1, 0.15) is 35.3 Å². The summed E-state index contributed by atoms with van der Waals surface area (Å²) in [6.07, 6.45) is 1.66. The number of halogens is 1. The Morgan fingerprint density at radius 3 is 2.57 bits per heavy atom. The Bertz CT molecular complexity index is 732. The minimum absolute atomic E-state index is 0.00306. The fourth-order valence-electron chi connectivity index (χ4n) is 2.67. The smallest absolute Gasteiger partial charge is 0.187 e. The van der Waals surface area contributed by atoms with Crippen molar-refractivity contribution in [1.29, 1.82) is 0 Å². The summed E-state index contributed by atoms with van der Waals surface area (Å²) in [7, 11) is 0. The first-order valence-electron chi connectivity index (χ1n) is 6.87. The van der Waals surface area contributed by atoms with Crippen molar-refractivity contribution in [2.24, 2.45) is 0 Å². The predicted molar refractivity (Wildman–Crippen MR) is 86.4 cm³/mol. The van der Waals surface area contributed by atoms with E-state index in [0.29, 0.717) is 10.6 Å². The van der Waals surface area contributed by atoms with Crippen molar-refractivity contribution in [3.63, 3.8) is 0 Å². The Hall–Kier alpha value is -2.06. The summed E-state index contributed by atoms with van der Waals surface area (Å²) in [6, 6.07) is 15.0. The van der Waals surface area contributed by atoms with Gasteiger partial charge in [-0.05, 0) is 31.5 Å². The van der Waals surface area contributed by atoms with E-state index in [1.807, 2.05) is 48.5 Å². The van der Waals surface area contributed by atoms with Crippen LogP contribution in [0.5, 0.6) is 0 Å². The van der Waals surface area contributed by atoms with Gasteiger partial charge in [-0.25, -0.2) is 0 Å². The molecule has 21 heavy (non-hydrogen) atoms. The van der Waals surface area contributed by atoms with E-state index in [2.05, 4.69) is 19.2 Å². The lowest BCUT2D eigenvalue weighted by Gasteiger charge is -2.20. The third-order valence-corrected chi connectivity index (χ3v) is 3.96. The van der Waals surface area contributed by atoms with Gasteiger partial charge < -0.3 is 5.32 Å². The number of benzene rings is 2. The highest BCUT2D eigenvalue weighted by molar-refractivity contribution is 6.30. The summed E-state index contributed by atoms with van der Waals surface area (Å²) in [5, 5.41) is 4.11. The van der Waals surface area contributed by atoms with Gasteiger partial charge in [-0.1, -0.05) is 48.0 Å². The molecular weight excluding hydrogens is 282 g/mol. The quantitative estimate of drug-likeness (QED) is 0.657. The van der Waals surface area contributed by atoms with Crippen LogP contribution in [0, 0.1) is 0 Å². The maximum atomic E-state index is 12.3. The van der Waals surface area contributed by atoms with Crippen LogP contribution in [0.25, 0.3) is 5.70 Å². The van der Waals surface area contributed by atoms with Crippen molar-refractivity contribution >= 4 is 23.1 Å². The van der Waals surface area contributed by atoms with Crippen molar-refractivity contribution in [3.8, 4) is 0 Å². The number of fused-ring (bicyclic) bond motifs is 1. The zero-order valence-electron chi connectivity index (χ0n) is 12.0. The maximum Gasteiger partial charge on any atom is 0.187 e. The number of carbonyl (C=O) groups is 1. The van der Waals surface area contributed by atoms with E-state index in [1.165, 1.54) is 0 Å². The molecule has 0 bridgehead atoms. The molecule has 0 radical (unpaired) electrons. The molecule has 2 aromatic carbocycles. The van der Waals surface area contributed by atoms with Crippen LogP contribution in [0.15, 0.2) is 54.6 Å². The molecule has 1 heterocycles. The van der Waals surface area contributed by atoms with Gasteiger partial charge in [0.15, 0.2) is 5.78 Å². The van der Waals surface area contributed by atoms with Crippen LogP contribution in [0.4, 0.5) is 0 Å². The number of carbonyl (C=O) groups excluding carboxylic acids is 1. The second kappa shape index (κ2) is 5.05. The van der Waals surface area contributed by atoms with Crippen LogP contribution in [0.2, 0.25) is 5.02 Å². The molecule has 0 fully saturated rings. The lowest BCUT2D eigenvalue weighted by Crippen LogP contribution is -2.28. The van der Waals surface area contributed by atoms with Crippen LogP contribution in [-0.4, -0.2) is 5.78 Å². The second-order valence-electron chi connectivity index (χ2n) is 5.73. The van der Waals surface area contributed by atoms with Crippen LogP contribution in [0.3, 0.4) is 0 Å². The number of ketones is 1. The van der Waals surface area contributed by atoms with E-state index in [4.69, 9.17) is 11.6 Å². The summed E-state index contributed by atoms with van der Waals surface area (Å²) >= 11 is 6.09. The molecule has 1 aliphatic rings. The molecule has 3 heteroatoms. The maximum absolute atomic E-state index is 12.3. The minimum atomic E-state index is -0.233. The highest BCUT2D eigenvalue weighted by Gasteiger charge is 2.32. The summed E-state index contributed by atoms with van der Waals surface area (Å²) in [5.74, 6) is -0.00306. The predicted octanol–water partition coefficient (Wildman–Crippen LogP) is 4.40. The van der Waals surface area contributed by atoms with Crippen LogP contribution in [-0.2, 0) is 5.54 Å². The first-order valence-corrected chi connectivity index (χ1v) is 7.25. The third-order valence-electron chi connectivity index (χ3n) is 3.73. The van der Waals surface area contributed by atoms with Crippen LogP contribution < -0.4 is 5.32 Å². The molecule has 3 rings (SSSR count). The van der Waals surface area contributed by atoms with Crippen molar-refractivity contribution in [2.45, 2.75) is 19.4 Å². The van der Waals surface area contributed by atoms with Gasteiger partial charge in [-0.15, -0.1) is 0 Å². The highest BCUT2D eigenvalue weighted by Crippen LogP contribution is 2.38. The summed E-state index contributed by atoms with van der Waals surface area (Å²) in [6.45, 7) is 4.16. The molecule has 0 atom stereocenters. The third kappa shape index (κ3) is 2.59. The van der Waals surface area contributed by atoms with Crippen molar-refractivity contribution in [2.75, 3.05) is 0 Å². The SMILES string of the molecule is CC1(C)N/C(=C\C(=O)c2ccccc2)c2ccc(Cl)cc21. The van der Waals surface area contributed by atoms with E-state index < -0.39 is 0 Å². The molecule has 2 aromatic rings. The number of rotatable bonds is 2. The van der Waals surface area contributed by atoms with Gasteiger partial charge >= 0.3 is 0 Å². The molecule has 0 saturated carbocycles. The number of nitrogens with one attached hydrogen (secondary N) is 1. The van der Waals surface area contributed by atoms with Gasteiger partial charge in [0.2, 0.25) is 0 Å². The molecule has 0 spiro atoms. The topological polar surface area (TPSA) is 29.1 Å². The summed E-state index contributed by atoms with van der Waals surface area (Å²) < 4.78 is 0. The lowest BCUT2D eigenvalue weighted by molar-refractivity contribution is 0.104. The normalized spacial score (nSPS) is 17.4. The number of hydrogen-bond acceptors (Lipinski definition) is 2. The van der Waals surface area contributed by atoms with Gasteiger partial charge in [-0.2, -0.15) is 0 Å². The first-order chi connectivity index (χ1) is 9.97. The van der Waals surface area contributed by atoms with Gasteiger partial charge in [0.25, 0.3) is 0 Å². The Balaban J connectivity index is 2.02. The standard InChI is InChI=1S/C18H16ClNO/c1-18(2)15-10-13(19)8-9-14(15)16(20-18)11-17(21)12-6-4-3-5-7-12/h3-11,20H,1-2H3/b16-11-. The molecule has 1 aliphatic heterocycles. The van der Waals surface area contributed by atoms with Crippen molar-refractivity contribution in [3.05, 3.63) is 76.3 Å². The van der Waals surface area contributed by atoms with E-state index in [-0.39, 0.29) is 11.3 Å². The average Bonchev–Trinajstić information content (AvgIpc) is 2.70. The molecule has 1 N–H and O–H groups in total. The Morgan fingerprint density at radius 1 is 1.14 bits per heavy atom. The Labute approximate surface area is 129 Å². The van der Waals surface area contributed by atoms with E-state index in [0.717, 1.165) is 16.8 Å². The molecule has 0 unspecified atom stereocenters. The number of allylic oxidation sites excluding steroid dienone is 1. The molecule has 106 valence electrons. The van der Waals surface area contributed by atoms with E-state index >= 15 is 0 Å². The monoisotopic (exact) mass is 297 g/mol. The van der Waals surface area contributed by atoms with Crippen molar-refractivity contribution < 1.29 is 4.79 Å². The molecular formula is C18H16ClNO. The Kier molecular flexibility index (Phi) is 3.34. The highest BCUT2D eigenvalue weighted by atomic mass is 35.5. The summed E-state index contributed by atoms with van der Waals surface area (Å²) in [4.78, 5) is 12.3. The van der Waals surface area contributed by atoms with Gasteiger partial charge in [0, 0.05) is 27.9 Å². The summed E-state index contributed by atoms with van der Waals surface area (Å²) in [5.41, 5.74) is 3.45. The zero-order valence-corrected chi connectivity index (χ0v) is 12.7. The largest absolute Gasteiger partial charge is 0.375 e. The fraction of sp³-hybridized carbons (Fsp3) is 0.167. The fourth-order valence-corrected chi connectivity index (χ4v) is 2.84. The van der Waals surface area contributed by atoms with E-state index in [1.54, 1.807) is 6.08 Å². The van der Waals surface area contributed by atoms with E-state index in [9.17, 15) is 4.79 Å². The molecule has 0 saturated heterocycles. The van der Waals surface area contributed by atoms with Crippen LogP contribution >= 0.6 is 11.6 Å². The van der Waals surface area contributed by atoms with Gasteiger partial charge in [0.05, 0.1) is 5.54 Å². The Morgan fingerprint density at radius 2 is 1.86 bits per heavy atom. The van der Waals surface area contributed by atoms with Gasteiger partial charge in [-0.3, -0.25) is 4.79 Å². The van der Waals surface area contributed by atoms with Gasteiger partial charge in [0.1, 0.15) is 0 Å². The molecule has 0 amide bonds. The minimum Gasteiger partial charge on any atom is -0.375 e. The second-order valence-corrected chi connectivity index (χ2v) is 6.16. The lowest BCUT2D eigenvalue weighted by atomic mass is 9.94. The molecule has 0 aromatic heterocycles. The molecule has 0 aliphatic carbocycles. The molecule has 2 nitrogen and oxygen atoms in total. The first kappa shape index (κ1) is 13.9. The number of hydrogen-bond donors (Lipinski definition) is 1. The zero-order chi connectivity index (χ0) is 15.0. The van der Waals surface area contributed by atoms with Crippen molar-refractivity contribution in [1.82, 2.24) is 5.32 Å².